The summed E-state index contributed by atoms with van der Waals surface area (Å²) < 4.78 is 0. The molecule has 0 aliphatic carbocycles. The van der Waals surface area contributed by atoms with E-state index in [0.29, 0.717) is 5.92 Å². The molecule has 1 aromatic carbocycles. The Bertz CT molecular complexity index is 833. The number of H-pyrrole nitrogens is 2. The molecule has 1 unspecified atom stereocenters. The van der Waals surface area contributed by atoms with Crippen LogP contribution in [0.25, 0.3) is 0 Å². The molecule has 7 heteroatoms. The van der Waals surface area contributed by atoms with E-state index >= 15 is 0 Å². The quantitative estimate of drug-likeness (QED) is 0.673. The monoisotopic (exact) mass is 300 g/mol. The third-order valence-electron chi connectivity index (χ3n) is 3.72. The third kappa shape index (κ3) is 2.41. The van der Waals surface area contributed by atoms with E-state index in [1.54, 1.807) is 0 Å². The van der Waals surface area contributed by atoms with Crippen LogP contribution in [0.3, 0.4) is 0 Å². The molecule has 0 saturated carbocycles. The number of carbonyl (C=O) groups excluding carboxylic acids is 1. The molecule has 22 heavy (non-hydrogen) atoms. The fourth-order valence-corrected chi connectivity index (χ4v) is 2.55. The number of aromatic amines is 2. The van der Waals surface area contributed by atoms with E-state index in [4.69, 9.17) is 0 Å². The van der Waals surface area contributed by atoms with Crippen LogP contribution in [0.5, 0.6) is 0 Å². The number of anilines is 1. The number of fused-ring (bicyclic) bond motifs is 1. The van der Waals surface area contributed by atoms with Crippen LogP contribution in [0.15, 0.2) is 33.9 Å². The first-order valence-corrected chi connectivity index (χ1v) is 6.99. The van der Waals surface area contributed by atoms with Gasteiger partial charge in [-0.1, -0.05) is 38.1 Å². The van der Waals surface area contributed by atoms with E-state index < -0.39 is 23.3 Å². The zero-order valence-electron chi connectivity index (χ0n) is 12.2. The highest BCUT2D eigenvalue weighted by Crippen LogP contribution is 2.27. The van der Waals surface area contributed by atoms with Crippen molar-refractivity contribution < 1.29 is 4.79 Å². The zero-order valence-corrected chi connectivity index (χ0v) is 12.2. The number of rotatable bonds is 2. The Morgan fingerprint density at radius 2 is 1.68 bits per heavy atom. The molecular weight excluding hydrogens is 284 g/mol. The van der Waals surface area contributed by atoms with E-state index in [2.05, 4.69) is 34.4 Å². The van der Waals surface area contributed by atoms with Crippen molar-refractivity contribution in [2.45, 2.75) is 25.8 Å². The standard InChI is InChI=1S/C15H16N4O3/c1-7(2)8-3-5-9(6-4-8)11-10-12(17-14(21)16-11)18-15(22)19-13(10)20/h3-7,11H,1-2H3,(H4,16,17,18,19,20,21,22). The predicted octanol–water partition coefficient (Wildman–Crippen LogP) is 1.41. The van der Waals surface area contributed by atoms with Crippen LogP contribution in [0.2, 0.25) is 0 Å². The molecule has 2 heterocycles. The molecule has 7 nitrogen and oxygen atoms in total. The van der Waals surface area contributed by atoms with E-state index in [0.717, 1.165) is 5.56 Å². The zero-order chi connectivity index (χ0) is 15.9. The molecule has 0 bridgehead atoms. The first-order valence-electron chi connectivity index (χ1n) is 6.99. The van der Waals surface area contributed by atoms with Crippen LogP contribution >= 0.6 is 0 Å². The van der Waals surface area contributed by atoms with Gasteiger partial charge in [-0.2, -0.15) is 0 Å². The van der Waals surface area contributed by atoms with Gasteiger partial charge in [0.2, 0.25) is 0 Å². The van der Waals surface area contributed by atoms with Crippen molar-refractivity contribution in [3.8, 4) is 0 Å². The van der Waals surface area contributed by atoms with Gasteiger partial charge in [0.25, 0.3) is 5.56 Å². The van der Waals surface area contributed by atoms with Crippen molar-refractivity contribution in [1.29, 1.82) is 0 Å². The van der Waals surface area contributed by atoms with Crippen LogP contribution in [-0.2, 0) is 0 Å². The Kier molecular flexibility index (Phi) is 3.32. The van der Waals surface area contributed by atoms with Gasteiger partial charge in [0.1, 0.15) is 5.82 Å². The van der Waals surface area contributed by atoms with Gasteiger partial charge in [-0.3, -0.25) is 20.1 Å². The van der Waals surface area contributed by atoms with E-state index in [-0.39, 0.29) is 11.4 Å². The second-order valence-corrected chi connectivity index (χ2v) is 5.55. The lowest BCUT2D eigenvalue weighted by atomic mass is 9.95. The molecule has 4 N–H and O–H groups in total. The van der Waals surface area contributed by atoms with Crippen molar-refractivity contribution in [3.63, 3.8) is 0 Å². The molecule has 0 fully saturated rings. The number of hydrogen-bond acceptors (Lipinski definition) is 3. The fraction of sp³-hybridized carbons (Fsp3) is 0.267. The first kappa shape index (κ1) is 14.1. The van der Waals surface area contributed by atoms with Crippen LogP contribution < -0.4 is 21.9 Å². The summed E-state index contributed by atoms with van der Waals surface area (Å²) in [6, 6.07) is 6.61. The minimum Gasteiger partial charge on any atom is -0.327 e. The number of urea groups is 1. The predicted molar refractivity (Wildman–Crippen MR) is 82.2 cm³/mol. The molecule has 3 rings (SSSR count). The van der Waals surface area contributed by atoms with Crippen molar-refractivity contribution in [1.82, 2.24) is 15.3 Å². The van der Waals surface area contributed by atoms with Crippen LogP contribution in [0.4, 0.5) is 10.6 Å². The average Bonchev–Trinajstić information content (AvgIpc) is 2.45. The number of hydrogen-bond donors (Lipinski definition) is 4. The number of amides is 2. The molecule has 2 aromatic rings. The lowest BCUT2D eigenvalue weighted by Gasteiger charge is -2.26. The summed E-state index contributed by atoms with van der Waals surface area (Å²) in [5.74, 6) is 0.527. The average molecular weight is 300 g/mol. The summed E-state index contributed by atoms with van der Waals surface area (Å²) in [5, 5.41) is 5.15. The van der Waals surface area contributed by atoms with Gasteiger partial charge in [-0.25, -0.2) is 9.59 Å². The Hall–Kier alpha value is -2.83. The molecular formula is C15H16N4O3. The summed E-state index contributed by atoms with van der Waals surface area (Å²) >= 11 is 0. The van der Waals surface area contributed by atoms with Crippen molar-refractivity contribution >= 4 is 11.8 Å². The summed E-state index contributed by atoms with van der Waals surface area (Å²) in [7, 11) is 0. The van der Waals surface area contributed by atoms with Crippen molar-refractivity contribution in [3.05, 3.63) is 61.8 Å². The largest absolute Gasteiger partial charge is 0.327 e. The molecule has 1 aliphatic rings. The molecule has 114 valence electrons. The first-order chi connectivity index (χ1) is 10.5. The number of aromatic nitrogens is 2. The minimum absolute atomic E-state index is 0.135. The molecule has 1 atom stereocenters. The van der Waals surface area contributed by atoms with E-state index in [1.165, 1.54) is 5.56 Å². The number of benzene rings is 1. The van der Waals surface area contributed by atoms with Gasteiger partial charge in [0.15, 0.2) is 0 Å². The van der Waals surface area contributed by atoms with E-state index in [1.807, 2.05) is 24.3 Å². The van der Waals surface area contributed by atoms with Gasteiger partial charge < -0.3 is 5.32 Å². The lowest BCUT2D eigenvalue weighted by Crippen LogP contribution is -2.44. The summed E-state index contributed by atoms with van der Waals surface area (Å²) in [6.07, 6.45) is 0. The van der Waals surface area contributed by atoms with Gasteiger partial charge >= 0.3 is 11.7 Å². The summed E-state index contributed by atoms with van der Waals surface area (Å²) in [4.78, 5) is 39.8. The smallest absolute Gasteiger partial charge is 0.327 e. The second kappa shape index (κ2) is 5.18. The molecule has 2 amide bonds. The molecule has 0 spiro atoms. The summed E-state index contributed by atoms with van der Waals surface area (Å²) in [5.41, 5.74) is 1.05. The Morgan fingerprint density at radius 3 is 2.32 bits per heavy atom. The Labute approximate surface area is 125 Å². The molecule has 1 aliphatic heterocycles. The van der Waals surface area contributed by atoms with Gasteiger partial charge in [0.05, 0.1) is 11.6 Å². The lowest BCUT2D eigenvalue weighted by molar-refractivity contribution is 0.248. The highest BCUT2D eigenvalue weighted by atomic mass is 16.2. The molecule has 1 aromatic heterocycles. The minimum atomic E-state index is -0.653. The fourth-order valence-electron chi connectivity index (χ4n) is 2.55. The molecule has 0 saturated heterocycles. The van der Waals surface area contributed by atoms with Crippen molar-refractivity contribution in [2.75, 3.05) is 5.32 Å². The highest BCUT2D eigenvalue weighted by molar-refractivity contribution is 5.92. The van der Waals surface area contributed by atoms with Crippen LogP contribution in [0.1, 0.15) is 42.5 Å². The Morgan fingerprint density at radius 1 is 1.00 bits per heavy atom. The van der Waals surface area contributed by atoms with Crippen LogP contribution in [-0.4, -0.2) is 16.0 Å². The highest BCUT2D eigenvalue weighted by Gasteiger charge is 2.29. The van der Waals surface area contributed by atoms with Gasteiger partial charge in [-0.05, 0) is 17.0 Å². The van der Waals surface area contributed by atoms with E-state index in [9.17, 15) is 14.4 Å². The third-order valence-corrected chi connectivity index (χ3v) is 3.72. The van der Waals surface area contributed by atoms with Crippen LogP contribution in [0, 0.1) is 0 Å². The maximum absolute atomic E-state index is 12.1. The maximum Gasteiger partial charge on any atom is 0.327 e. The summed E-state index contributed by atoms with van der Waals surface area (Å²) in [6.45, 7) is 4.18. The van der Waals surface area contributed by atoms with Gasteiger partial charge in [0, 0.05) is 0 Å². The number of carbonyl (C=O) groups is 1. The van der Waals surface area contributed by atoms with Gasteiger partial charge in [-0.15, -0.1) is 0 Å². The normalized spacial score (nSPS) is 16.9. The molecule has 0 radical (unpaired) electrons. The Balaban J connectivity index is 2.11. The van der Waals surface area contributed by atoms with Crippen molar-refractivity contribution in [2.24, 2.45) is 0 Å². The SMILES string of the molecule is CC(C)c1ccc(C2NC(=O)Nc3[nH]c(=O)[nH]c(=O)c32)cc1. The topological polar surface area (TPSA) is 107 Å². The maximum atomic E-state index is 12.1. The number of nitrogens with one attached hydrogen (secondary N) is 4. The second-order valence-electron chi connectivity index (χ2n) is 5.55.